The lowest BCUT2D eigenvalue weighted by Crippen LogP contribution is -2.36. The molecule has 3 heterocycles. The highest BCUT2D eigenvalue weighted by atomic mass is 32.1. The Morgan fingerprint density at radius 2 is 1.53 bits per heavy atom. The Labute approximate surface area is 172 Å². The SMILES string of the molecule is NC(=O)c1cc(CC(F)(F)F)sc1N.O=C1Cc2sc(CC(F)(F)F)cc2C(=O)N1. The van der Waals surface area contributed by atoms with E-state index in [-0.39, 0.29) is 32.3 Å². The zero-order chi connectivity index (χ0) is 22.9. The molecule has 2 aromatic heterocycles. The van der Waals surface area contributed by atoms with Crippen molar-refractivity contribution in [2.45, 2.75) is 31.6 Å². The first kappa shape index (κ1) is 23.7. The van der Waals surface area contributed by atoms with Gasteiger partial charge in [0.15, 0.2) is 0 Å². The number of nitrogens with one attached hydrogen (secondary N) is 1. The molecular formula is C16H13F6N3O3S2. The van der Waals surface area contributed by atoms with E-state index < -0.39 is 42.9 Å². The molecule has 0 radical (unpaired) electrons. The van der Waals surface area contributed by atoms with Crippen LogP contribution in [0.4, 0.5) is 31.3 Å². The van der Waals surface area contributed by atoms with Crippen LogP contribution in [0.2, 0.25) is 0 Å². The van der Waals surface area contributed by atoms with Crippen LogP contribution in [0.15, 0.2) is 12.1 Å². The van der Waals surface area contributed by atoms with Crippen molar-refractivity contribution in [2.75, 3.05) is 5.73 Å². The number of rotatable bonds is 3. The summed E-state index contributed by atoms with van der Waals surface area (Å²) in [7, 11) is 0. The fourth-order valence-corrected chi connectivity index (χ4v) is 4.57. The zero-order valence-corrected chi connectivity index (χ0v) is 16.4. The lowest BCUT2D eigenvalue weighted by molar-refractivity contribution is -0.127. The lowest BCUT2D eigenvalue weighted by atomic mass is 10.1. The first-order valence-corrected chi connectivity index (χ1v) is 9.55. The molecule has 5 N–H and O–H groups in total. The van der Waals surface area contributed by atoms with Gasteiger partial charge in [-0.05, 0) is 12.1 Å². The number of fused-ring (bicyclic) bond motifs is 1. The van der Waals surface area contributed by atoms with Gasteiger partial charge in [0, 0.05) is 14.6 Å². The largest absolute Gasteiger partial charge is 0.393 e. The number of anilines is 1. The molecule has 2 aromatic rings. The Morgan fingerprint density at radius 3 is 2.00 bits per heavy atom. The van der Waals surface area contributed by atoms with E-state index in [1.165, 1.54) is 6.07 Å². The number of carbonyl (C=O) groups is 3. The molecule has 3 rings (SSSR count). The summed E-state index contributed by atoms with van der Waals surface area (Å²) < 4.78 is 72.2. The molecule has 0 bridgehead atoms. The van der Waals surface area contributed by atoms with Crippen molar-refractivity contribution >= 4 is 45.4 Å². The van der Waals surface area contributed by atoms with Crippen molar-refractivity contribution < 1.29 is 40.7 Å². The minimum absolute atomic E-state index is 0.0104. The minimum atomic E-state index is -4.30. The second-order valence-corrected chi connectivity index (χ2v) is 8.43. The summed E-state index contributed by atoms with van der Waals surface area (Å²) in [5, 5.41) is 2.08. The first-order valence-electron chi connectivity index (χ1n) is 7.92. The molecule has 3 amide bonds. The van der Waals surface area contributed by atoms with Crippen LogP contribution in [0.1, 0.15) is 35.3 Å². The highest BCUT2D eigenvalue weighted by Gasteiger charge is 2.32. The summed E-state index contributed by atoms with van der Waals surface area (Å²) in [5.41, 5.74) is 10.3. The molecule has 0 saturated heterocycles. The number of carbonyl (C=O) groups excluding carboxylic acids is 3. The number of hydrogen-bond acceptors (Lipinski definition) is 6. The van der Waals surface area contributed by atoms with E-state index in [4.69, 9.17) is 11.5 Å². The van der Waals surface area contributed by atoms with Crippen molar-refractivity contribution in [3.63, 3.8) is 0 Å². The van der Waals surface area contributed by atoms with Crippen molar-refractivity contribution in [3.8, 4) is 0 Å². The molecule has 1 aliphatic rings. The molecule has 14 heteroatoms. The van der Waals surface area contributed by atoms with E-state index in [0.29, 0.717) is 4.88 Å². The summed E-state index contributed by atoms with van der Waals surface area (Å²) in [6, 6.07) is 2.28. The highest BCUT2D eigenvalue weighted by Crippen LogP contribution is 2.31. The van der Waals surface area contributed by atoms with Crippen LogP contribution in [0.25, 0.3) is 0 Å². The molecule has 0 spiro atoms. The normalized spacial score (nSPS) is 13.9. The van der Waals surface area contributed by atoms with E-state index in [9.17, 15) is 40.7 Å². The fourth-order valence-electron chi connectivity index (χ4n) is 2.41. The molecule has 1 aliphatic heterocycles. The molecule has 0 aromatic carbocycles. The van der Waals surface area contributed by atoms with Crippen LogP contribution in [-0.4, -0.2) is 30.1 Å². The third-order valence-electron chi connectivity index (χ3n) is 3.51. The smallest absolute Gasteiger partial charge is 0.390 e. The molecule has 0 atom stereocenters. The second kappa shape index (κ2) is 8.63. The molecule has 0 saturated carbocycles. The molecule has 0 unspecified atom stereocenters. The van der Waals surface area contributed by atoms with Crippen LogP contribution in [-0.2, 0) is 24.1 Å². The Kier molecular flexibility index (Phi) is 6.81. The van der Waals surface area contributed by atoms with Gasteiger partial charge < -0.3 is 11.5 Å². The van der Waals surface area contributed by atoms with Gasteiger partial charge in [0.05, 0.1) is 35.4 Å². The zero-order valence-electron chi connectivity index (χ0n) is 14.7. The third kappa shape index (κ3) is 6.73. The maximum atomic E-state index is 12.1. The summed E-state index contributed by atoms with van der Waals surface area (Å²) in [4.78, 5) is 33.4. The van der Waals surface area contributed by atoms with Gasteiger partial charge in [0.2, 0.25) is 5.91 Å². The molecule has 0 aliphatic carbocycles. The molecule has 6 nitrogen and oxygen atoms in total. The summed E-state index contributed by atoms with van der Waals surface area (Å²) in [5.74, 6) is -1.90. The average Bonchev–Trinajstić information content (AvgIpc) is 3.07. The third-order valence-corrected chi connectivity index (χ3v) is 5.60. The van der Waals surface area contributed by atoms with E-state index in [1.807, 2.05) is 0 Å². The van der Waals surface area contributed by atoms with E-state index in [2.05, 4.69) is 5.32 Å². The summed E-state index contributed by atoms with van der Waals surface area (Å²) in [6.45, 7) is 0. The van der Waals surface area contributed by atoms with Gasteiger partial charge in [0.25, 0.3) is 11.8 Å². The summed E-state index contributed by atoms with van der Waals surface area (Å²) in [6.07, 6.45) is -10.8. The van der Waals surface area contributed by atoms with Gasteiger partial charge in [-0.2, -0.15) is 26.3 Å². The second-order valence-electron chi connectivity index (χ2n) is 6.04. The van der Waals surface area contributed by atoms with E-state index in [1.54, 1.807) is 0 Å². The number of halogens is 6. The van der Waals surface area contributed by atoms with Crippen LogP contribution in [0.3, 0.4) is 0 Å². The lowest BCUT2D eigenvalue weighted by Gasteiger charge is -2.09. The Bertz CT molecular complexity index is 978. The predicted octanol–water partition coefficient (Wildman–Crippen LogP) is 3.20. The van der Waals surface area contributed by atoms with Crippen LogP contribution in [0.5, 0.6) is 0 Å². The number of nitrogen functional groups attached to an aromatic ring is 1. The maximum absolute atomic E-state index is 12.1. The Morgan fingerprint density at radius 1 is 1.00 bits per heavy atom. The molecule has 30 heavy (non-hydrogen) atoms. The number of nitrogens with two attached hydrogens (primary N) is 2. The van der Waals surface area contributed by atoms with Crippen molar-refractivity contribution in [2.24, 2.45) is 5.73 Å². The van der Waals surface area contributed by atoms with Gasteiger partial charge in [-0.15, -0.1) is 22.7 Å². The fraction of sp³-hybridized carbons (Fsp3) is 0.312. The van der Waals surface area contributed by atoms with Crippen LogP contribution >= 0.6 is 22.7 Å². The van der Waals surface area contributed by atoms with Crippen LogP contribution in [0, 0.1) is 0 Å². The number of hydrogen-bond donors (Lipinski definition) is 3. The minimum Gasteiger partial charge on any atom is -0.390 e. The number of amides is 3. The number of thiophene rings is 2. The van der Waals surface area contributed by atoms with Gasteiger partial charge in [-0.1, -0.05) is 0 Å². The van der Waals surface area contributed by atoms with Crippen molar-refractivity contribution in [1.82, 2.24) is 5.32 Å². The van der Waals surface area contributed by atoms with E-state index >= 15 is 0 Å². The highest BCUT2D eigenvalue weighted by molar-refractivity contribution is 7.16. The summed E-state index contributed by atoms with van der Waals surface area (Å²) >= 11 is 1.59. The topological polar surface area (TPSA) is 115 Å². The quantitative estimate of drug-likeness (QED) is 0.469. The van der Waals surface area contributed by atoms with Gasteiger partial charge in [-0.3, -0.25) is 19.7 Å². The van der Waals surface area contributed by atoms with Gasteiger partial charge in [0.1, 0.15) is 0 Å². The molecular weight excluding hydrogens is 460 g/mol. The van der Waals surface area contributed by atoms with Gasteiger partial charge >= 0.3 is 12.4 Å². The van der Waals surface area contributed by atoms with Crippen molar-refractivity contribution in [3.05, 3.63) is 37.9 Å². The van der Waals surface area contributed by atoms with Crippen molar-refractivity contribution in [1.29, 1.82) is 0 Å². The van der Waals surface area contributed by atoms with E-state index in [0.717, 1.165) is 28.7 Å². The van der Waals surface area contributed by atoms with Crippen LogP contribution < -0.4 is 16.8 Å². The Balaban J connectivity index is 0.000000216. The number of imide groups is 1. The average molecular weight is 473 g/mol. The number of primary amides is 1. The predicted molar refractivity (Wildman–Crippen MR) is 97.3 cm³/mol. The monoisotopic (exact) mass is 473 g/mol. The van der Waals surface area contributed by atoms with Gasteiger partial charge in [-0.25, -0.2) is 0 Å². The first-order chi connectivity index (χ1) is 13.6. The molecule has 164 valence electrons. The standard InChI is InChI=1S/C9H6F3NO2S.C7H7F3N2OS/c10-9(11,12)3-4-1-5-6(16-4)2-7(14)13-8(5)15;8-7(9,10)2-3-1-4(5(11)13)6(12)14-3/h1H,2-3H2,(H,13,14,15);1H,2,12H2,(H2,11,13). The Hall–Kier alpha value is -2.61. The molecule has 0 fully saturated rings. The number of alkyl halides is 6. The maximum Gasteiger partial charge on any atom is 0.393 e.